The van der Waals surface area contributed by atoms with Crippen LogP contribution in [0.4, 0.5) is 0 Å². The quantitative estimate of drug-likeness (QED) is 0.189. The maximum absolute atomic E-state index is 13.0. The molecule has 0 amide bonds. The van der Waals surface area contributed by atoms with Crippen molar-refractivity contribution < 1.29 is 59.1 Å². The molecule has 3 aromatic rings. The van der Waals surface area contributed by atoms with Crippen molar-refractivity contribution in [2.24, 2.45) is 0 Å². The van der Waals surface area contributed by atoms with Crippen molar-refractivity contribution in [1.82, 2.24) is 0 Å². The molecule has 206 valence electrons. The van der Waals surface area contributed by atoms with Crippen molar-refractivity contribution in [2.45, 2.75) is 68.3 Å². The van der Waals surface area contributed by atoms with Gasteiger partial charge in [0.2, 0.25) is 11.7 Å². The van der Waals surface area contributed by atoms with Crippen LogP contribution in [0.15, 0.2) is 45.6 Å². The van der Waals surface area contributed by atoms with Gasteiger partial charge in [-0.25, -0.2) is 0 Å². The molecule has 0 saturated carbocycles. The lowest BCUT2D eigenvalue weighted by atomic mass is 9.98. The van der Waals surface area contributed by atoms with E-state index < -0.39 is 79.2 Å². The molecule has 10 atom stereocenters. The van der Waals surface area contributed by atoms with E-state index in [-0.39, 0.29) is 27.7 Å². The van der Waals surface area contributed by atoms with Crippen LogP contribution in [0.5, 0.6) is 11.5 Å². The first-order chi connectivity index (χ1) is 18.1. The van der Waals surface area contributed by atoms with Gasteiger partial charge in [0, 0.05) is 6.07 Å². The fourth-order valence-corrected chi connectivity index (χ4v) is 4.56. The third kappa shape index (κ3) is 4.73. The predicted octanol–water partition coefficient (Wildman–Crippen LogP) is -1.32. The van der Waals surface area contributed by atoms with Crippen LogP contribution in [0, 0.1) is 0 Å². The Morgan fingerprint density at radius 3 is 2.26 bits per heavy atom. The average molecular weight is 536 g/mol. The monoisotopic (exact) mass is 536 g/mol. The summed E-state index contributed by atoms with van der Waals surface area (Å²) in [7, 11) is 0. The van der Waals surface area contributed by atoms with Gasteiger partial charge in [-0.3, -0.25) is 4.79 Å². The van der Waals surface area contributed by atoms with Crippen molar-refractivity contribution in [3.8, 4) is 11.5 Å². The summed E-state index contributed by atoms with van der Waals surface area (Å²) in [6.07, 6.45) is -14.7. The molecule has 2 fully saturated rings. The van der Waals surface area contributed by atoms with E-state index in [1.807, 2.05) is 0 Å². The standard InChI is InChI=1S/C25H28O13/c1-9-16(27)19(30)21(32)24(35-9)34-8-15-18(29)20(31)22(33)25(38-15)36-10-6-12-17(28)11-4-2-3-5-14(11)37-23(12)13(26)7-10/h2-7,9,15-16,18-22,24-27,29-33H,8H2,1H3/t9-,15+,16-,18+,19+,20-,21+,22+,24+,25+/m0/s1. The van der Waals surface area contributed by atoms with E-state index in [2.05, 4.69) is 0 Å². The largest absolute Gasteiger partial charge is 0.504 e. The Hall–Kier alpha value is -2.85. The van der Waals surface area contributed by atoms with E-state index in [9.17, 15) is 40.5 Å². The summed E-state index contributed by atoms with van der Waals surface area (Å²) in [6.45, 7) is 0.995. The van der Waals surface area contributed by atoms with Gasteiger partial charge >= 0.3 is 0 Å². The Kier molecular flexibility index (Phi) is 7.30. The highest BCUT2D eigenvalue weighted by molar-refractivity contribution is 5.93. The molecular weight excluding hydrogens is 508 g/mol. The average Bonchev–Trinajstić information content (AvgIpc) is 2.90. The lowest BCUT2D eigenvalue weighted by Gasteiger charge is -2.42. The molecule has 0 bridgehead atoms. The van der Waals surface area contributed by atoms with Gasteiger partial charge in [-0.2, -0.15) is 0 Å². The smallest absolute Gasteiger partial charge is 0.229 e. The topological polar surface area (TPSA) is 209 Å². The summed E-state index contributed by atoms with van der Waals surface area (Å²) >= 11 is 0. The molecule has 0 unspecified atom stereocenters. The minimum Gasteiger partial charge on any atom is -0.504 e. The van der Waals surface area contributed by atoms with Crippen molar-refractivity contribution in [1.29, 1.82) is 0 Å². The molecule has 2 saturated heterocycles. The third-order valence-electron chi connectivity index (χ3n) is 6.79. The molecule has 2 aromatic carbocycles. The third-order valence-corrected chi connectivity index (χ3v) is 6.79. The number of hydrogen-bond acceptors (Lipinski definition) is 13. The first kappa shape index (κ1) is 26.7. The van der Waals surface area contributed by atoms with Gasteiger partial charge in [-0.1, -0.05) is 12.1 Å². The van der Waals surface area contributed by atoms with Gasteiger partial charge in [0.05, 0.1) is 23.5 Å². The zero-order valence-corrected chi connectivity index (χ0v) is 20.0. The number of ether oxygens (including phenoxy) is 4. The lowest BCUT2D eigenvalue weighted by molar-refractivity contribution is -0.318. The summed E-state index contributed by atoms with van der Waals surface area (Å²) in [6, 6.07) is 8.91. The number of aliphatic hydroxyl groups is 6. The number of phenols is 1. The van der Waals surface area contributed by atoms with Crippen molar-refractivity contribution in [3.05, 3.63) is 46.6 Å². The molecule has 2 aliphatic rings. The molecule has 38 heavy (non-hydrogen) atoms. The first-order valence-electron chi connectivity index (χ1n) is 11.9. The van der Waals surface area contributed by atoms with Crippen molar-refractivity contribution >= 4 is 21.9 Å². The highest BCUT2D eigenvalue weighted by Gasteiger charge is 2.47. The molecule has 7 N–H and O–H groups in total. The van der Waals surface area contributed by atoms with Crippen LogP contribution in [0.1, 0.15) is 6.92 Å². The first-order valence-corrected chi connectivity index (χ1v) is 11.9. The zero-order chi connectivity index (χ0) is 27.3. The summed E-state index contributed by atoms with van der Waals surface area (Å²) in [5.41, 5.74) is -0.217. The SMILES string of the molecule is C[C@@H]1O[C@@H](OC[C@H]2O[C@@H](Oc3cc(O)c4oc5ccccc5c(=O)c4c3)[C@H](O)[C@@H](O)[C@@H]2O)[C@H](O)[C@H](O)[C@H]1O. The van der Waals surface area contributed by atoms with Gasteiger partial charge in [0.25, 0.3) is 0 Å². The van der Waals surface area contributed by atoms with Crippen LogP contribution < -0.4 is 10.2 Å². The number of rotatable bonds is 5. The number of phenolic OH excluding ortho intramolecular Hbond substituents is 1. The summed E-state index contributed by atoms with van der Waals surface area (Å²) in [5, 5.41) is 71.9. The maximum atomic E-state index is 13.0. The van der Waals surface area contributed by atoms with Crippen molar-refractivity contribution in [3.63, 3.8) is 0 Å². The Morgan fingerprint density at radius 1 is 0.816 bits per heavy atom. The number of benzene rings is 2. The Labute approximate surface area is 214 Å². The van der Waals surface area contributed by atoms with Crippen LogP contribution in [0.2, 0.25) is 0 Å². The minimum absolute atomic E-state index is 0.00256. The van der Waals surface area contributed by atoms with Crippen LogP contribution in [-0.4, -0.2) is 104 Å². The molecule has 5 rings (SSSR count). The molecule has 13 nitrogen and oxygen atoms in total. The van der Waals surface area contributed by atoms with E-state index >= 15 is 0 Å². The summed E-state index contributed by atoms with van der Waals surface area (Å²) in [4.78, 5) is 13.0. The normalized spacial score (nSPS) is 36.0. The minimum atomic E-state index is -1.74. The fourth-order valence-electron chi connectivity index (χ4n) is 4.56. The Bertz CT molecular complexity index is 1360. The van der Waals surface area contributed by atoms with E-state index in [0.29, 0.717) is 0 Å². The van der Waals surface area contributed by atoms with Crippen LogP contribution >= 0.6 is 0 Å². The molecule has 0 spiro atoms. The van der Waals surface area contributed by atoms with E-state index in [0.717, 1.165) is 6.07 Å². The molecule has 0 radical (unpaired) electrons. The molecule has 1 aromatic heterocycles. The van der Waals surface area contributed by atoms with E-state index in [4.69, 9.17) is 23.4 Å². The van der Waals surface area contributed by atoms with Gasteiger partial charge in [0.15, 0.2) is 17.6 Å². The number of fused-ring (bicyclic) bond motifs is 2. The second-order valence-corrected chi connectivity index (χ2v) is 9.39. The van der Waals surface area contributed by atoms with Crippen LogP contribution in [-0.2, 0) is 14.2 Å². The number of aliphatic hydroxyl groups excluding tert-OH is 6. The second-order valence-electron chi connectivity index (χ2n) is 9.39. The van der Waals surface area contributed by atoms with E-state index in [1.165, 1.54) is 13.0 Å². The zero-order valence-electron chi connectivity index (χ0n) is 20.0. The van der Waals surface area contributed by atoms with Crippen LogP contribution in [0.25, 0.3) is 21.9 Å². The van der Waals surface area contributed by atoms with Gasteiger partial charge in [0.1, 0.15) is 54.1 Å². The number of aromatic hydroxyl groups is 1. The van der Waals surface area contributed by atoms with E-state index in [1.54, 1.807) is 24.3 Å². The molecule has 0 aliphatic carbocycles. The van der Waals surface area contributed by atoms with Gasteiger partial charge < -0.3 is 59.1 Å². The van der Waals surface area contributed by atoms with Gasteiger partial charge in [-0.05, 0) is 25.1 Å². The second kappa shape index (κ2) is 10.4. The number of para-hydroxylation sites is 1. The maximum Gasteiger partial charge on any atom is 0.229 e. The summed E-state index contributed by atoms with van der Waals surface area (Å²) in [5.74, 6) is -0.508. The number of hydrogen-bond donors (Lipinski definition) is 7. The summed E-state index contributed by atoms with van der Waals surface area (Å²) < 4.78 is 27.7. The van der Waals surface area contributed by atoms with Crippen molar-refractivity contribution in [2.75, 3.05) is 6.61 Å². The Balaban J connectivity index is 1.35. The van der Waals surface area contributed by atoms with Gasteiger partial charge in [-0.15, -0.1) is 0 Å². The molecule has 13 heteroatoms. The highest BCUT2D eigenvalue weighted by atomic mass is 16.7. The van der Waals surface area contributed by atoms with Crippen LogP contribution in [0.3, 0.4) is 0 Å². The lowest BCUT2D eigenvalue weighted by Crippen LogP contribution is -2.61. The molecular formula is C25H28O13. The molecule has 3 heterocycles. The Morgan fingerprint density at radius 2 is 1.50 bits per heavy atom. The predicted molar refractivity (Wildman–Crippen MR) is 127 cm³/mol. The fraction of sp³-hybridized carbons (Fsp3) is 0.480. The molecule has 2 aliphatic heterocycles. The highest BCUT2D eigenvalue weighted by Crippen LogP contribution is 2.33.